The van der Waals surface area contributed by atoms with Crippen molar-refractivity contribution in [2.45, 2.75) is 77.1 Å². The van der Waals surface area contributed by atoms with Gasteiger partial charge in [-0.05, 0) is 73.5 Å². The van der Waals surface area contributed by atoms with Crippen molar-refractivity contribution in [3.8, 4) is 0 Å². The summed E-state index contributed by atoms with van der Waals surface area (Å²) in [6.07, 6.45) is 7.33. The minimum Gasteiger partial charge on any atom is -0.393 e. The molecule has 0 saturated heterocycles. The zero-order valence-electron chi connectivity index (χ0n) is 17.5. The van der Waals surface area contributed by atoms with Gasteiger partial charge in [-0.1, -0.05) is 25.0 Å². The van der Waals surface area contributed by atoms with Crippen LogP contribution in [-0.2, 0) is 9.47 Å². The van der Waals surface area contributed by atoms with Crippen LogP contribution in [0.1, 0.15) is 65.2 Å². The molecular formula is C23H37FO3. The van der Waals surface area contributed by atoms with E-state index in [0.29, 0.717) is 36.0 Å². The number of fused-ring (bicyclic) bond motifs is 4. The van der Waals surface area contributed by atoms with E-state index in [1.165, 1.54) is 5.57 Å². The Bertz CT molecular complexity index is 598. The van der Waals surface area contributed by atoms with Gasteiger partial charge in [-0.15, -0.1) is 0 Å². The molecule has 27 heavy (non-hydrogen) atoms. The number of aliphatic hydroxyl groups excluding tert-OH is 1. The molecule has 0 bridgehead atoms. The molecule has 0 amide bonds. The van der Waals surface area contributed by atoms with E-state index in [4.69, 9.17) is 9.47 Å². The number of aliphatic hydroxyl groups is 1. The van der Waals surface area contributed by atoms with Gasteiger partial charge in [0, 0.05) is 27.1 Å². The van der Waals surface area contributed by atoms with Gasteiger partial charge in [-0.2, -0.15) is 0 Å². The molecule has 4 rings (SSSR count). The number of ether oxygens (including phenoxy) is 2. The van der Waals surface area contributed by atoms with Crippen molar-refractivity contribution < 1.29 is 19.0 Å². The van der Waals surface area contributed by atoms with Gasteiger partial charge in [0.2, 0.25) is 0 Å². The predicted octanol–water partition coefficient (Wildman–Crippen LogP) is 4.88. The summed E-state index contributed by atoms with van der Waals surface area (Å²) in [5.41, 5.74) is 3.10. The van der Waals surface area contributed by atoms with Crippen LogP contribution in [0.25, 0.3) is 0 Å². The molecule has 154 valence electrons. The fraction of sp³-hybridized carbons (Fsp3) is 0.913. The Hall–Kier alpha value is -0.450. The molecule has 0 heterocycles. The van der Waals surface area contributed by atoms with Crippen LogP contribution in [0.3, 0.4) is 0 Å². The van der Waals surface area contributed by atoms with E-state index >= 15 is 0 Å². The maximum absolute atomic E-state index is 13.5. The van der Waals surface area contributed by atoms with Crippen LogP contribution in [0.4, 0.5) is 4.39 Å². The topological polar surface area (TPSA) is 38.7 Å². The van der Waals surface area contributed by atoms with Crippen molar-refractivity contribution in [1.82, 2.24) is 0 Å². The molecule has 1 N–H and O–H groups in total. The highest BCUT2D eigenvalue weighted by Gasteiger charge is 2.59. The monoisotopic (exact) mass is 380 g/mol. The third-order valence-electron chi connectivity index (χ3n) is 9.01. The second kappa shape index (κ2) is 7.11. The van der Waals surface area contributed by atoms with Crippen molar-refractivity contribution in [3.05, 3.63) is 11.1 Å². The molecule has 3 unspecified atom stereocenters. The number of rotatable bonds is 4. The number of methoxy groups -OCH3 is 2. The van der Waals surface area contributed by atoms with Gasteiger partial charge in [-0.25, -0.2) is 0 Å². The number of halogens is 1. The highest BCUT2D eigenvalue weighted by atomic mass is 19.1. The van der Waals surface area contributed by atoms with Crippen molar-refractivity contribution in [3.63, 3.8) is 0 Å². The van der Waals surface area contributed by atoms with E-state index in [9.17, 15) is 9.50 Å². The Balaban J connectivity index is 1.73. The fourth-order valence-corrected chi connectivity index (χ4v) is 7.70. The second-order valence-electron chi connectivity index (χ2n) is 10.1. The first-order valence-electron chi connectivity index (χ1n) is 10.9. The summed E-state index contributed by atoms with van der Waals surface area (Å²) in [4.78, 5) is 0. The van der Waals surface area contributed by atoms with Gasteiger partial charge in [-0.3, -0.25) is 4.39 Å². The molecule has 0 aromatic carbocycles. The fourth-order valence-electron chi connectivity index (χ4n) is 7.70. The van der Waals surface area contributed by atoms with E-state index in [1.54, 1.807) is 19.8 Å². The quantitative estimate of drug-likeness (QED) is 0.558. The maximum atomic E-state index is 13.5. The van der Waals surface area contributed by atoms with Crippen LogP contribution in [0.5, 0.6) is 0 Å². The highest BCUT2D eigenvalue weighted by Crippen LogP contribution is 2.65. The smallest absolute Gasteiger partial charge is 0.171 e. The van der Waals surface area contributed by atoms with Gasteiger partial charge in [0.1, 0.15) is 0 Å². The van der Waals surface area contributed by atoms with Crippen LogP contribution in [0.15, 0.2) is 11.1 Å². The molecule has 4 heteroatoms. The van der Waals surface area contributed by atoms with Gasteiger partial charge < -0.3 is 14.6 Å². The normalized spacial score (nSPS) is 46.0. The van der Waals surface area contributed by atoms with Crippen molar-refractivity contribution in [1.29, 1.82) is 0 Å². The lowest BCUT2D eigenvalue weighted by Crippen LogP contribution is -2.52. The SMILES string of the molecule is COC1(OC)CCC2=C(C[C@@H](C)C3C2[C@@H](CCF)C[C@@]2(C)C3CC[C@@H]2O)C1. The van der Waals surface area contributed by atoms with E-state index in [0.717, 1.165) is 44.9 Å². The Morgan fingerprint density at radius 3 is 2.63 bits per heavy atom. The van der Waals surface area contributed by atoms with E-state index < -0.39 is 5.79 Å². The van der Waals surface area contributed by atoms with Crippen LogP contribution in [-0.4, -0.2) is 37.9 Å². The molecule has 0 aliphatic heterocycles. The van der Waals surface area contributed by atoms with Gasteiger partial charge in [0.05, 0.1) is 12.8 Å². The largest absolute Gasteiger partial charge is 0.393 e. The van der Waals surface area contributed by atoms with Crippen molar-refractivity contribution in [2.24, 2.45) is 35.0 Å². The zero-order chi connectivity index (χ0) is 19.4. The summed E-state index contributed by atoms with van der Waals surface area (Å²) in [6, 6.07) is 0. The molecule has 2 saturated carbocycles. The Morgan fingerprint density at radius 2 is 1.96 bits per heavy atom. The summed E-state index contributed by atoms with van der Waals surface area (Å²) < 4.78 is 25.1. The minimum atomic E-state index is -0.478. The molecule has 4 aliphatic carbocycles. The van der Waals surface area contributed by atoms with Crippen LogP contribution in [0.2, 0.25) is 0 Å². The predicted molar refractivity (Wildman–Crippen MR) is 104 cm³/mol. The van der Waals surface area contributed by atoms with Gasteiger partial charge in [0.25, 0.3) is 0 Å². The maximum Gasteiger partial charge on any atom is 0.171 e. The summed E-state index contributed by atoms with van der Waals surface area (Å²) in [6.45, 7) is 4.43. The minimum absolute atomic E-state index is 0.0230. The van der Waals surface area contributed by atoms with Crippen LogP contribution < -0.4 is 0 Å². The average Bonchev–Trinajstić information content (AvgIpc) is 2.95. The second-order valence-corrected chi connectivity index (χ2v) is 10.1. The summed E-state index contributed by atoms with van der Waals surface area (Å²) in [5.74, 6) is 2.13. The van der Waals surface area contributed by atoms with E-state index in [2.05, 4.69) is 13.8 Å². The zero-order valence-corrected chi connectivity index (χ0v) is 17.5. The third-order valence-corrected chi connectivity index (χ3v) is 9.01. The molecular weight excluding hydrogens is 343 g/mol. The number of allylic oxidation sites excluding steroid dienone is 1. The van der Waals surface area contributed by atoms with E-state index in [-0.39, 0.29) is 18.2 Å². The molecule has 0 aromatic heterocycles. The summed E-state index contributed by atoms with van der Waals surface area (Å²) in [7, 11) is 3.50. The molecule has 7 atom stereocenters. The van der Waals surface area contributed by atoms with Gasteiger partial charge in [0.15, 0.2) is 5.79 Å². The first-order valence-corrected chi connectivity index (χ1v) is 10.9. The van der Waals surface area contributed by atoms with Crippen LogP contribution >= 0.6 is 0 Å². The Morgan fingerprint density at radius 1 is 1.22 bits per heavy atom. The highest BCUT2D eigenvalue weighted by molar-refractivity contribution is 5.30. The van der Waals surface area contributed by atoms with E-state index in [1.807, 2.05) is 0 Å². The lowest BCUT2D eigenvalue weighted by atomic mass is 9.48. The average molecular weight is 381 g/mol. The standard InChI is InChI=1S/C23H37FO3/c1-14-11-16-13-23(26-3,27-4)9-7-17(16)21-15(8-10-24)12-22(2)18(20(14)21)5-6-19(22)25/h14-15,18-21,25H,5-13H2,1-4H3/t14-,15+,18?,19+,20?,21?,22+/m1/s1. The Kier molecular flexibility index (Phi) is 5.22. The molecule has 0 aromatic rings. The van der Waals surface area contributed by atoms with Crippen LogP contribution in [0, 0.1) is 35.0 Å². The molecule has 4 aliphatic rings. The lowest BCUT2D eigenvalue weighted by Gasteiger charge is -2.57. The lowest BCUT2D eigenvalue weighted by molar-refractivity contribution is -0.214. The molecule has 3 nitrogen and oxygen atoms in total. The number of alkyl halides is 1. The summed E-state index contributed by atoms with van der Waals surface area (Å²) >= 11 is 0. The molecule has 2 fully saturated rings. The molecule has 0 spiro atoms. The third kappa shape index (κ3) is 2.93. The number of hydrogen-bond acceptors (Lipinski definition) is 3. The summed E-state index contributed by atoms with van der Waals surface area (Å²) in [5, 5.41) is 10.8. The van der Waals surface area contributed by atoms with Gasteiger partial charge >= 0.3 is 0 Å². The van der Waals surface area contributed by atoms with Crippen molar-refractivity contribution in [2.75, 3.05) is 20.9 Å². The molecule has 0 radical (unpaired) electrons. The van der Waals surface area contributed by atoms with Crippen molar-refractivity contribution >= 4 is 0 Å². The number of hydrogen-bond donors (Lipinski definition) is 1. The first kappa shape index (κ1) is 19.8. The first-order chi connectivity index (χ1) is 12.9. The Labute approximate surface area is 163 Å².